The molecule has 0 aliphatic rings. The van der Waals surface area contributed by atoms with Gasteiger partial charge in [-0.3, -0.25) is 0 Å². The molecule has 0 unspecified atom stereocenters. The van der Waals surface area contributed by atoms with Crippen molar-refractivity contribution in [3.05, 3.63) is 23.8 Å². The van der Waals surface area contributed by atoms with Gasteiger partial charge in [0, 0.05) is 118 Å². The van der Waals surface area contributed by atoms with Crippen LogP contribution in [0.4, 0.5) is 0 Å². The molecular formula is C39H86O18Si4. The molecule has 0 amide bonds. The first-order valence-electron chi connectivity index (χ1n) is 21.3. The molecule has 0 saturated carbocycles. The van der Waals surface area contributed by atoms with Crippen molar-refractivity contribution in [3.63, 3.8) is 0 Å². The molecule has 0 rings (SSSR count). The molecule has 0 atom stereocenters. The fraction of sp³-hybridized carbons (Fsp3) is 0.846. The average Bonchev–Trinajstić information content (AvgIpc) is 3.23. The third-order valence-corrected chi connectivity index (χ3v) is 18.2. The molecule has 0 aliphatic carbocycles. The van der Waals surface area contributed by atoms with Crippen LogP contribution in [0.5, 0.6) is 0 Å². The fourth-order valence-electron chi connectivity index (χ4n) is 4.72. The van der Waals surface area contributed by atoms with E-state index < -0.39 is 35.7 Å². The summed E-state index contributed by atoms with van der Waals surface area (Å²) in [5.74, 6) is -0.638. The van der Waals surface area contributed by atoms with E-state index in [9.17, 15) is 9.59 Å². The molecule has 22 heteroatoms. The van der Waals surface area contributed by atoms with Crippen LogP contribution in [0, 0.1) is 0 Å². The molecule has 0 aliphatic heterocycles. The number of carbonyl (C=O) groups is 2. The van der Waals surface area contributed by atoms with Gasteiger partial charge in [-0.1, -0.05) is 12.7 Å². The predicted molar refractivity (Wildman–Crippen MR) is 242 cm³/mol. The smallest absolute Gasteiger partial charge is 0.462 e. The SMILES string of the molecule is C=C(C)C(=O)OCCC[Si](OCC)(OCC)OCC.CC=C(C)C(=O)OCCC[Si](OCC)(OCC)OCC.CCO[Si](OCC)(OCC)OCC.CO[Si](OC)(OC)OC. The largest absolute Gasteiger partial charge is 0.679 e. The minimum Gasteiger partial charge on any atom is -0.462 e. The minimum atomic E-state index is -2.80. The maximum absolute atomic E-state index is 11.5. The monoisotopic (exact) mass is 954 g/mol. The highest BCUT2D eigenvalue weighted by molar-refractivity contribution is 6.61. The lowest BCUT2D eigenvalue weighted by molar-refractivity contribution is -0.139. The second-order valence-corrected chi connectivity index (χ2v) is 22.0. The Hall–Kier alpha value is -1.27. The van der Waals surface area contributed by atoms with Gasteiger partial charge in [-0.05, 0) is 103 Å². The highest BCUT2D eigenvalue weighted by atomic mass is 28.4. The first-order chi connectivity index (χ1) is 29.0. The minimum absolute atomic E-state index is 0.274. The summed E-state index contributed by atoms with van der Waals surface area (Å²) in [5, 5.41) is 0. The van der Waals surface area contributed by atoms with E-state index in [0.29, 0.717) is 115 Å². The van der Waals surface area contributed by atoms with E-state index in [2.05, 4.69) is 6.58 Å². The van der Waals surface area contributed by atoms with Gasteiger partial charge in [-0.15, -0.1) is 0 Å². The Labute approximate surface area is 374 Å². The van der Waals surface area contributed by atoms with Crippen LogP contribution in [0.2, 0.25) is 12.1 Å². The molecule has 0 N–H and O–H groups in total. The summed E-state index contributed by atoms with van der Waals surface area (Å²) in [6, 6.07) is 1.30. The Morgan fingerprint density at radius 1 is 0.443 bits per heavy atom. The maximum Gasteiger partial charge on any atom is 0.679 e. The molecular weight excluding hydrogens is 869 g/mol. The standard InChI is InChI=1S/C14H28O5Si.C13H26O5Si.C8H20O4Si.C4H12O4Si/c1-6-13(5)14(15)16-11-10-12-20(17-7-2,18-8-3)19-9-4;1-6-16-19(17-7-2,18-8-3)11-9-10-15-13(14)12(4)5;1-5-9-13(10-6-2,11-7-3)12-8-4;1-5-9(6-2,7-3)8-4/h6H,7-12H2,1-5H3;4,6-11H2,1-3,5H3;5-8H2,1-4H3;1-4H3. The summed E-state index contributed by atoms with van der Waals surface area (Å²) < 4.78 is 85.6. The molecule has 61 heavy (non-hydrogen) atoms. The molecule has 0 aromatic heterocycles. The predicted octanol–water partition coefficient (Wildman–Crippen LogP) is 7.05. The zero-order valence-electron chi connectivity index (χ0n) is 40.9. The van der Waals surface area contributed by atoms with Crippen molar-refractivity contribution in [2.75, 3.05) is 108 Å². The molecule has 0 aromatic carbocycles. The molecule has 0 heterocycles. The lowest BCUT2D eigenvalue weighted by Crippen LogP contribution is -2.49. The van der Waals surface area contributed by atoms with E-state index in [0.717, 1.165) is 0 Å². The van der Waals surface area contributed by atoms with Gasteiger partial charge in [-0.2, -0.15) is 0 Å². The van der Waals surface area contributed by atoms with Crippen LogP contribution in [0.1, 0.15) is 103 Å². The van der Waals surface area contributed by atoms with Crippen molar-refractivity contribution < 1.29 is 81.0 Å². The van der Waals surface area contributed by atoms with Crippen LogP contribution in [0.25, 0.3) is 0 Å². The summed E-state index contributed by atoms with van der Waals surface area (Å²) in [5.41, 5.74) is 1.02. The third kappa shape index (κ3) is 32.1. The first kappa shape index (κ1) is 66.3. The van der Waals surface area contributed by atoms with Crippen LogP contribution in [0.3, 0.4) is 0 Å². The first-order valence-corrected chi connectivity index (χ1v) is 28.4. The Balaban J connectivity index is -0.000000369. The van der Waals surface area contributed by atoms with E-state index in [4.69, 9.17) is 71.4 Å². The van der Waals surface area contributed by atoms with Crippen LogP contribution >= 0.6 is 0 Å². The number of hydrogen-bond donors (Lipinski definition) is 0. The zero-order chi connectivity index (χ0) is 47.6. The number of esters is 2. The summed E-state index contributed by atoms with van der Waals surface area (Å²) in [4.78, 5) is 22.7. The normalized spacial score (nSPS) is 12.0. The number of carbonyl (C=O) groups excluding carboxylic acids is 2. The van der Waals surface area contributed by atoms with E-state index in [1.54, 1.807) is 19.9 Å². The molecule has 0 aromatic rings. The Morgan fingerprint density at radius 2 is 0.705 bits per heavy atom. The number of rotatable bonds is 34. The Bertz CT molecular complexity index is 1000. The average molecular weight is 955 g/mol. The van der Waals surface area contributed by atoms with Gasteiger partial charge in [0.15, 0.2) is 0 Å². The van der Waals surface area contributed by atoms with E-state index in [1.807, 2.05) is 76.2 Å². The van der Waals surface area contributed by atoms with Crippen molar-refractivity contribution in [1.82, 2.24) is 0 Å². The van der Waals surface area contributed by atoms with Gasteiger partial charge in [0.2, 0.25) is 0 Å². The van der Waals surface area contributed by atoms with Gasteiger partial charge in [0.05, 0.1) is 13.2 Å². The number of allylic oxidation sites excluding steroid dienone is 1. The van der Waals surface area contributed by atoms with E-state index in [-0.39, 0.29) is 11.9 Å². The van der Waals surface area contributed by atoms with Gasteiger partial charge < -0.3 is 71.4 Å². The maximum atomic E-state index is 11.5. The van der Waals surface area contributed by atoms with Crippen molar-refractivity contribution in [2.24, 2.45) is 0 Å². The van der Waals surface area contributed by atoms with Crippen molar-refractivity contribution >= 4 is 47.6 Å². The second kappa shape index (κ2) is 42.7. The molecule has 0 bridgehead atoms. The summed E-state index contributed by atoms with van der Waals surface area (Å²) in [6.07, 6.45) is 3.07. The van der Waals surface area contributed by atoms with Crippen molar-refractivity contribution in [3.8, 4) is 0 Å². The molecule has 0 fully saturated rings. The van der Waals surface area contributed by atoms with Crippen molar-refractivity contribution in [1.29, 1.82) is 0 Å². The zero-order valence-corrected chi connectivity index (χ0v) is 44.9. The molecule has 366 valence electrons. The Kier molecular flexibility index (Phi) is 46.4. The van der Waals surface area contributed by atoms with Gasteiger partial charge in [-0.25, -0.2) is 9.59 Å². The van der Waals surface area contributed by atoms with Gasteiger partial charge in [0.1, 0.15) is 0 Å². The fourth-order valence-corrected chi connectivity index (χ4v) is 12.8. The molecule has 18 nitrogen and oxygen atoms in total. The van der Waals surface area contributed by atoms with Crippen LogP contribution in [-0.4, -0.2) is 155 Å². The highest BCUT2D eigenvalue weighted by Gasteiger charge is 2.44. The van der Waals surface area contributed by atoms with E-state index >= 15 is 0 Å². The molecule has 0 spiro atoms. The van der Waals surface area contributed by atoms with E-state index in [1.165, 1.54) is 28.4 Å². The topological polar surface area (TPSA) is 182 Å². The lowest BCUT2D eigenvalue weighted by atomic mass is 10.3. The highest BCUT2D eigenvalue weighted by Crippen LogP contribution is 2.20. The second-order valence-electron chi connectivity index (χ2n) is 11.7. The molecule has 0 radical (unpaired) electrons. The summed E-state index contributed by atoms with van der Waals surface area (Å²) in [7, 11) is -4.75. The summed E-state index contributed by atoms with van der Waals surface area (Å²) >= 11 is 0. The van der Waals surface area contributed by atoms with Crippen LogP contribution < -0.4 is 0 Å². The van der Waals surface area contributed by atoms with Crippen LogP contribution in [0.15, 0.2) is 23.8 Å². The van der Waals surface area contributed by atoms with Crippen LogP contribution in [-0.2, 0) is 81.0 Å². The number of ether oxygens (including phenoxy) is 2. The Morgan fingerprint density at radius 3 is 0.902 bits per heavy atom. The van der Waals surface area contributed by atoms with Gasteiger partial charge >= 0.3 is 47.6 Å². The third-order valence-electron chi connectivity index (χ3n) is 7.29. The molecule has 0 saturated heterocycles. The van der Waals surface area contributed by atoms with Gasteiger partial charge in [0.25, 0.3) is 0 Å². The lowest BCUT2D eigenvalue weighted by Gasteiger charge is -2.28. The van der Waals surface area contributed by atoms with Crippen molar-refractivity contribution in [2.45, 2.75) is 115 Å². The number of hydrogen-bond acceptors (Lipinski definition) is 18. The quantitative estimate of drug-likeness (QED) is 0.0277. The summed E-state index contributed by atoms with van der Waals surface area (Å²) in [6.45, 7) is 34.1.